The van der Waals surface area contributed by atoms with E-state index in [0.717, 1.165) is 5.92 Å². The van der Waals surface area contributed by atoms with Crippen molar-refractivity contribution in [2.75, 3.05) is 6.54 Å². The normalized spacial score (nSPS) is 19.1. The number of hydrogen-bond acceptors (Lipinski definition) is 1. The van der Waals surface area contributed by atoms with Crippen LogP contribution >= 0.6 is 0 Å². The Labute approximate surface area is 69.9 Å². The van der Waals surface area contributed by atoms with E-state index in [9.17, 15) is 0 Å². The summed E-state index contributed by atoms with van der Waals surface area (Å²) in [4.78, 5) is 0. The maximum atomic E-state index is 3.37. The standard InChI is InChI=1S/C10H19N/c1-8(2)9(3)6-11-7-10-4-5-10/h6,8,10-11H,4-5,7H2,1-3H3/b9-6-. The maximum absolute atomic E-state index is 3.37. The number of hydrogen-bond donors (Lipinski definition) is 1. The van der Waals surface area contributed by atoms with E-state index < -0.39 is 0 Å². The van der Waals surface area contributed by atoms with E-state index in [4.69, 9.17) is 0 Å². The van der Waals surface area contributed by atoms with Crippen molar-refractivity contribution in [3.8, 4) is 0 Å². The van der Waals surface area contributed by atoms with Crippen LogP contribution in [0.3, 0.4) is 0 Å². The van der Waals surface area contributed by atoms with Gasteiger partial charge in [0, 0.05) is 6.54 Å². The molecule has 0 saturated heterocycles. The molecule has 0 radical (unpaired) electrons. The predicted molar refractivity (Wildman–Crippen MR) is 49.3 cm³/mol. The second-order valence-corrected chi connectivity index (χ2v) is 3.89. The van der Waals surface area contributed by atoms with Crippen molar-refractivity contribution in [1.29, 1.82) is 0 Å². The Kier molecular flexibility index (Phi) is 2.98. The van der Waals surface area contributed by atoms with Gasteiger partial charge in [0.15, 0.2) is 0 Å². The third-order valence-corrected chi connectivity index (χ3v) is 2.34. The zero-order valence-electron chi connectivity index (χ0n) is 7.85. The van der Waals surface area contributed by atoms with Crippen LogP contribution in [0.15, 0.2) is 11.8 Å². The van der Waals surface area contributed by atoms with Gasteiger partial charge in [0.2, 0.25) is 0 Å². The molecule has 1 fully saturated rings. The smallest absolute Gasteiger partial charge is 0.0169 e. The molecule has 0 bridgehead atoms. The molecule has 1 nitrogen and oxygen atoms in total. The molecule has 1 aliphatic rings. The highest BCUT2D eigenvalue weighted by atomic mass is 14.8. The molecule has 0 aromatic rings. The maximum Gasteiger partial charge on any atom is 0.0169 e. The Morgan fingerprint density at radius 1 is 1.55 bits per heavy atom. The van der Waals surface area contributed by atoms with Gasteiger partial charge >= 0.3 is 0 Å². The first-order chi connectivity index (χ1) is 5.20. The van der Waals surface area contributed by atoms with Crippen LogP contribution in [-0.2, 0) is 0 Å². The van der Waals surface area contributed by atoms with Crippen LogP contribution in [0.2, 0.25) is 0 Å². The van der Waals surface area contributed by atoms with Crippen LogP contribution in [0.1, 0.15) is 33.6 Å². The summed E-state index contributed by atoms with van der Waals surface area (Å²) in [7, 11) is 0. The van der Waals surface area contributed by atoms with Gasteiger partial charge in [-0.1, -0.05) is 19.4 Å². The lowest BCUT2D eigenvalue weighted by Crippen LogP contribution is -2.10. The highest BCUT2D eigenvalue weighted by molar-refractivity contribution is 4.99. The first-order valence-corrected chi connectivity index (χ1v) is 4.60. The van der Waals surface area contributed by atoms with Gasteiger partial charge in [0.05, 0.1) is 0 Å². The Bertz CT molecular complexity index is 143. The van der Waals surface area contributed by atoms with Gasteiger partial charge in [-0.15, -0.1) is 0 Å². The third kappa shape index (κ3) is 3.45. The predicted octanol–water partition coefficient (Wildman–Crippen LogP) is 2.55. The summed E-state index contributed by atoms with van der Waals surface area (Å²) in [5.74, 6) is 1.66. The fourth-order valence-corrected chi connectivity index (χ4v) is 0.875. The third-order valence-electron chi connectivity index (χ3n) is 2.34. The van der Waals surface area contributed by atoms with E-state index in [0.29, 0.717) is 5.92 Å². The second kappa shape index (κ2) is 3.80. The summed E-state index contributed by atoms with van der Waals surface area (Å²) < 4.78 is 0. The molecule has 0 aromatic carbocycles. The molecule has 0 amide bonds. The minimum atomic E-state index is 0.682. The molecule has 1 aliphatic carbocycles. The van der Waals surface area contributed by atoms with Gasteiger partial charge in [0.25, 0.3) is 0 Å². The lowest BCUT2D eigenvalue weighted by molar-refractivity contribution is 0.711. The summed E-state index contributed by atoms with van der Waals surface area (Å²) >= 11 is 0. The van der Waals surface area contributed by atoms with Crippen LogP contribution in [0, 0.1) is 11.8 Å². The monoisotopic (exact) mass is 153 g/mol. The minimum absolute atomic E-state index is 0.682. The molecular formula is C10H19N. The van der Waals surface area contributed by atoms with E-state index in [1.54, 1.807) is 0 Å². The zero-order valence-corrected chi connectivity index (χ0v) is 7.85. The van der Waals surface area contributed by atoms with Crippen LogP contribution in [-0.4, -0.2) is 6.54 Å². The second-order valence-electron chi connectivity index (χ2n) is 3.89. The molecule has 0 unspecified atom stereocenters. The quantitative estimate of drug-likeness (QED) is 0.654. The molecular weight excluding hydrogens is 134 g/mol. The Morgan fingerprint density at radius 2 is 2.18 bits per heavy atom. The molecule has 1 heteroatoms. The summed E-state index contributed by atoms with van der Waals surface area (Å²) in [5, 5.41) is 3.37. The lowest BCUT2D eigenvalue weighted by atomic mass is 10.1. The van der Waals surface area contributed by atoms with E-state index in [1.165, 1.54) is 25.0 Å². The molecule has 1 saturated carbocycles. The molecule has 0 spiro atoms. The molecule has 0 aliphatic heterocycles. The molecule has 0 aromatic heterocycles. The summed E-state index contributed by atoms with van der Waals surface area (Å²) in [5.41, 5.74) is 1.45. The van der Waals surface area contributed by atoms with Crippen molar-refractivity contribution in [3.05, 3.63) is 11.8 Å². The fourth-order valence-electron chi connectivity index (χ4n) is 0.875. The van der Waals surface area contributed by atoms with Crippen LogP contribution in [0.25, 0.3) is 0 Å². The summed E-state index contributed by atoms with van der Waals surface area (Å²) in [6, 6.07) is 0. The summed E-state index contributed by atoms with van der Waals surface area (Å²) in [6.45, 7) is 7.82. The first kappa shape index (κ1) is 8.63. The van der Waals surface area contributed by atoms with E-state index in [-0.39, 0.29) is 0 Å². The van der Waals surface area contributed by atoms with Crippen molar-refractivity contribution in [2.24, 2.45) is 11.8 Å². The highest BCUT2D eigenvalue weighted by Gasteiger charge is 2.19. The van der Waals surface area contributed by atoms with E-state index in [1.807, 2.05) is 0 Å². The number of rotatable bonds is 4. The van der Waals surface area contributed by atoms with Crippen molar-refractivity contribution >= 4 is 0 Å². The summed E-state index contributed by atoms with van der Waals surface area (Å²) in [6.07, 6.45) is 5.03. The average molecular weight is 153 g/mol. The topological polar surface area (TPSA) is 12.0 Å². The van der Waals surface area contributed by atoms with E-state index in [2.05, 4.69) is 32.3 Å². The van der Waals surface area contributed by atoms with Crippen LogP contribution < -0.4 is 5.32 Å². The van der Waals surface area contributed by atoms with Crippen molar-refractivity contribution in [1.82, 2.24) is 5.32 Å². The highest BCUT2D eigenvalue weighted by Crippen LogP contribution is 2.27. The van der Waals surface area contributed by atoms with Gasteiger partial charge in [0.1, 0.15) is 0 Å². The van der Waals surface area contributed by atoms with E-state index >= 15 is 0 Å². The fraction of sp³-hybridized carbons (Fsp3) is 0.800. The molecule has 11 heavy (non-hydrogen) atoms. The lowest BCUT2D eigenvalue weighted by Gasteiger charge is -2.05. The number of nitrogens with one attached hydrogen (secondary N) is 1. The van der Waals surface area contributed by atoms with Crippen LogP contribution in [0.5, 0.6) is 0 Å². The van der Waals surface area contributed by atoms with Crippen molar-refractivity contribution < 1.29 is 0 Å². The molecule has 1 N–H and O–H groups in total. The molecule has 64 valence electrons. The Morgan fingerprint density at radius 3 is 2.64 bits per heavy atom. The van der Waals surface area contributed by atoms with Gasteiger partial charge < -0.3 is 5.32 Å². The SMILES string of the molecule is C/C(=C/NCC1CC1)C(C)C. The first-order valence-electron chi connectivity index (χ1n) is 4.60. The van der Waals surface area contributed by atoms with Gasteiger partial charge in [-0.25, -0.2) is 0 Å². The zero-order chi connectivity index (χ0) is 8.27. The van der Waals surface area contributed by atoms with Gasteiger partial charge in [-0.2, -0.15) is 0 Å². The molecule has 0 heterocycles. The Hall–Kier alpha value is -0.460. The Balaban J connectivity index is 2.10. The van der Waals surface area contributed by atoms with Gasteiger partial charge in [-0.05, 0) is 37.8 Å². The largest absolute Gasteiger partial charge is 0.391 e. The minimum Gasteiger partial charge on any atom is -0.391 e. The van der Waals surface area contributed by atoms with Crippen molar-refractivity contribution in [2.45, 2.75) is 33.6 Å². The molecule has 1 rings (SSSR count). The van der Waals surface area contributed by atoms with Crippen molar-refractivity contribution in [3.63, 3.8) is 0 Å². The van der Waals surface area contributed by atoms with Gasteiger partial charge in [-0.3, -0.25) is 0 Å². The average Bonchev–Trinajstić information content (AvgIpc) is 2.71. The molecule has 0 atom stereocenters. The number of allylic oxidation sites excluding steroid dienone is 1. The van der Waals surface area contributed by atoms with Crippen LogP contribution in [0.4, 0.5) is 0 Å².